The van der Waals surface area contributed by atoms with Crippen molar-refractivity contribution in [2.45, 2.75) is 26.4 Å². The van der Waals surface area contributed by atoms with Gasteiger partial charge in [0.25, 0.3) is 0 Å². The molecule has 2 atom stereocenters. The molecule has 0 radical (unpaired) electrons. The van der Waals surface area contributed by atoms with Crippen LogP contribution in [0.5, 0.6) is 5.75 Å². The minimum Gasteiger partial charge on any atom is -0.465 e. The number of nitrogen functional groups attached to an aromatic ring is 1. The summed E-state index contributed by atoms with van der Waals surface area (Å²) < 4.78 is 15.8. The first-order valence-electron chi connectivity index (χ1n) is 4.82. The SMILES string of the molecule is COC(C)OC(C)Oc1ccc(N)cc1. The maximum absolute atomic E-state index is 5.55. The molecule has 4 nitrogen and oxygen atoms in total. The second kappa shape index (κ2) is 5.58. The van der Waals surface area contributed by atoms with E-state index in [1.165, 1.54) is 0 Å². The van der Waals surface area contributed by atoms with Crippen molar-refractivity contribution in [1.82, 2.24) is 0 Å². The Bertz CT molecular complexity index is 286. The smallest absolute Gasteiger partial charge is 0.199 e. The van der Waals surface area contributed by atoms with Gasteiger partial charge >= 0.3 is 0 Å². The van der Waals surface area contributed by atoms with Crippen molar-refractivity contribution >= 4 is 5.69 Å². The molecule has 1 aromatic rings. The van der Waals surface area contributed by atoms with Crippen molar-refractivity contribution in [3.05, 3.63) is 24.3 Å². The van der Waals surface area contributed by atoms with Crippen molar-refractivity contribution in [2.24, 2.45) is 0 Å². The van der Waals surface area contributed by atoms with Crippen molar-refractivity contribution in [3.63, 3.8) is 0 Å². The summed E-state index contributed by atoms with van der Waals surface area (Å²) in [6, 6.07) is 7.16. The van der Waals surface area contributed by atoms with E-state index in [4.69, 9.17) is 19.9 Å². The van der Waals surface area contributed by atoms with E-state index in [2.05, 4.69) is 0 Å². The van der Waals surface area contributed by atoms with Crippen molar-refractivity contribution in [3.8, 4) is 5.75 Å². The molecule has 0 aliphatic carbocycles. The third-order valence-corrected chi connectivity index (χ3v) is 1.90. The van der Waals surface area contributed by atoms with Crippen LogP contribution in [0.1, 0.15) is 13.8 Å². The van der Waals surface area contributed by atoms with E-state index in [1.54, 1.807) is 31.4 Å². The Kier molecular flexibility index (Phi) is 4.39. The van der Waals surface area contributed by atoms with Crippen LogP contribution in [0.4, 0.5) is 5.69 Å². The van der Waals surface area contributed by atoms with Gasteiger partial charge in [0.2, 0.25) is 0 Å². The maximum atomic E-state index is 5.55. The predicted molar refractivity (Wildman–Crippen MR) is 58.5 cm³/mol. The molecule has 1 rings (SSSR count). The third-order valence-electron chi connectivity index (χ3n) is 1.90. The van der Waals surface area contributed by atoms with E-state index in [1.807, 2.05) is 13.8 Å². The highest BCUT2D eigenvalue weighted by Gasteiger charge is 2.08. The van der Waals surface area contributed by atoms with Gasteiger partial charge in [-0.3, -0.25) is 0 Å². The average molecular weight is 211 g/mol. The molecule has 0 aliphatic rings. The van der Waals surface area contributed by atoms with Gasteiger partial charge in [0.15, 0.2) is 12.6 Å². The first kappa shape index (κ1) is 11.8. The molecule has 2 unspecified atom stereocenters. The molecule has 84 valence electrons. The molecule has 0 saturated carbocycles. The molecule has 15 heavy (non-hydrogen) atoms. The van der Waals surface area contributed by atoms with E-state index in [0.29, 0.717) is 5.69 Å². The van der Waals surface area contributed by atoms with Crippen LogP contribution in [0.3, 0.4) is 0 Å². The zero-order valence-corrected chi connectivity index (χ0v) is 9.27. The number of nitrogens with two attached hydrogens (primary N) is 1. The van der Waals surface area contributed by atoms with Crippen LogP contribution in [-0.4, -0.2) is 19.7 Å². The van der Waals surface area contributed by atoms with Crippen LogP contribution in [-0.2, 0) is 9.47 Å². The quantitative estimate of drug-likeness (QED) is 0.598. The molecule has 0 spiro atoms. The molecular weight excluding hydrogens is 194 g/mol. The standard InChI is InChI=1S/C11H17NO3/c1-8(13-3)14-9(2)15-11-6-4-10(12)5-7-11/h4-9H,12H2,1-3H3. The Morgan fingerprint density at radius 3 is 2.20 bits per heavy atom. The van der Waals surface area contributed by atoms with Crippen LogP contribution >= 0.6 is 0 Å². The Morgan fingerprint density at radius 2 is 1.67 bits per heavy atom. The first-order chi connectivity index (χ1) is 7.11. The minimum absolute atomic E-state index is 0.284. The van der Waals surface area contributed by atoms with Gasteiger partial charge in [-0.25, -0.2) is 0 Å². The molecule has 0 aliphatic heterocycles. The molecule has 0 fully saturated rings. The van der Waals surface area contributed by atoms with Crippen molar-refractivity contribution in [2.75, 3.05) is 12.8 Å². The third kappa shape index (κ3) is 4.18. The molecule has 1 aromatic carbocycles. The largest absolute Gasteiger partial charge is 0.465 e. The summed E-state index contributed by atoms with van der Waals surface area (Å²) in [6.07, 6.45) is -0.641. The number of methoxy groups -OCH3 is 1. The van der Waals surface area contributed by atoms with Gasteiger partial charge in [-0.1, -0.05) is 0 Å². The highest BCUT2D eigenvalue weighted by Crippen LogP contribution is 2.15. The summed E-state index contributed by atoms with van der Waals surface area (Å²) in [5.41, 5.74) is 6.26. The van der Waals surface area contributed by atoms with Crippen LogP contribution in [0.2, 0.25) is 0 Å². The van der Waals surface area contributed by atoms with Gasteiger partial charge in [0.05, 0.1) is 0 Å². The first-order valence-corrected chi connectivity index (χ1v) is 4.82. The second-order valence-corrected chi connectivity index (χ2v) is 3.19. The maximum Gasteiger partial charge on any atom is 0.199 e. The summed E-state index contributed by atoms with van der Waals surface area (Å²) in [5, 5.41) is 0. The number of rotatable bonds is 5. The topological polar surface area (TPSA) is 53.7 Å². The number of benzene rings is 1. The fourth-order valence-corrected chi connectivity index (χ4v) is 1.09. The number of ether oxygens (including phenoxy) is 3. The number of anilines is 1. The summed E-state index contributed by atoms with van der Waals surface area (Å²) in [6.45, 7) is 3.62. The average Bonchev–Trinajstić information content (AvgIpc) is 2.21. The summed E-state index contributed by atoms with van der Waals surface area (Å²) >= 11 is 0. The molecule has 2 N–H and O–H groups in total. The van der Waals surface area contributed by atoms with Gasteiger partial charge in [0.1, 0.15) is 5.75 Å². The normalized spacial score (nSPS) is 14.6. The Balaban J connectivity index is 2.44. The minimum atomic E-state index is -0.358. The highest BCUT2D eigenvalue weighted by atomic mass is 16.8. The fraction of sp³-hybridized carbons (Fsp3) is 0.455. The predicted octanol–water partition coefficient (Wildman–Crippen LogP) is 2.00. The highest BCUT2D eigenvalue weighted by molar-refractivity contribution is 5.41. The van der Waals surface area contributed by atoms with Crippen molar-refractivity contribution < 1.29 is 14.2 Å². The zero-order chi connectivity index (χ0) is 11.3. The number of hydrogen-bond acceptors (Lipinski definition) is 4. The summed E-state index contributed by atoms with van der Waals surface area (Å²) in [4.78, 5) is 0. The van der Waals surface area contributed by atoms with Gasteiger partial charge in [-0.15, -0.1) is 0 Å². The van der Waals surface area contributed by atoms with E-state index in [-0.39, 0.29) is 12.6 Å². The van der Waals surface area contributed by atoms with Gasteiger partial charge in [-0.05, 0) is 38.1 Å². The van der Waals surface area contributed by atoms with Gasteiger partial charge in [0, 0.05) is 12.8 Å². The lowest BCUT2D eigenvalue weighted by atomic mass is 10.3. The molecule has 0 saturated heterocycles. The molecule has 0 bridgehead atoms. The van der Waals surface area contributed by atoms with E-state index >= 15 is 0 Å². The number of hydrogen-bond donors (Lipinski definition) is 1. The molecular formula is C11H17NO3. The van der Waals surface area contributed by atoms with Crippen LogP contribution in [0.15, 0.2) is 24.3 Å². The van der Waals surface area contributed by atoms with E-state index in [0.717, 1.165) is 5.75 Å². The fourth-order valence-electron chi connectivity index (χ4n) is 1.09. The Morgan fingerprint density at radius 1 is 1.07 bits per heavy atom. The van der Waals surface area contributed by atoms with Crippen LogP contribution < -0.4 is 10.5 Å². The van der Waals surface area contributed by atoms with Crippen molar-refractivity contribution in [1.29, 1.82) is 0 Å². The Labute approximate surface area is 89.9 Å². The van der Waals surface area contributed by atoms with E-state index < -0.39 is 0 Å². The van der Waals surface area contributed by atoms with Gasteiger partial charge in [-0.2, -0.15) is 0 Å². The molecule has 0 amide bonds. The Hall–Kier alpha value is -1.26. The van der Waals surface area contributed by atoms with E-state index in [9.17, 15) is 0 Å². The summed E-state index contributed by atoms with van der Waals surface area (Å²) in [5.74, 6) is 0.722. The van der Waals surface area contributed by atoms with Gasteiger partial charge < -0.3 is 19.9 Å². The lowest BCUT2D eigenvalue weighted by molar-refractivity contribution is -0.192. The van der Waals surface area contributed by atoms with Crippen LogP contribution in [0.25, 0.3) is 0 Å². The zero-order valence-electron chi connectivity index (χ0n) is 9.27. The molecule has 0 aromatic heterocycles. The van der Waals surface area contributed by atoms with Crippen LogP contribution in [0, 0.1) is 0 Å². The summed E-state index contributed by atoms with van der Waals surface area (Å²) in [7, 11) is 1.58. The molecule has 4 heteroatoms. The molecule has 0 heterocycles. The lowest BCUT2D eigenvalue weighted by Crippen LogP contribution is -2.23. The lowest BCUT2D eigenvalue weighted by Gasteiger charge is -2.19. The monoisotopic (exact) mass is 211 g/mol. The second-order valence-electron chi connectivity index (χ2n) is 3.19.